The van der Waals surface area contributed by atoms with Gasteiger partial charge in [0.25, 0.3) is 5.91 Å². The van der Waals surface area contributed by atoms with Gasteiger partial charge in [0.15, 0.2) is 5.82 Å². The fourth-order valence-corrected chi connectivity index (χ4v) is 1.63. The van der Waals surface area contributed by atoms with Crippen LogP contribution in [-0.4, -0.2) is 15.7 Å². The third-order valence-electron chi connectivity index (χ3n) is 2.48. The normalized spacial score (nSPS) is 10.4. The second-order valence-electron chi connectivity index (χ2n) is 4.03. The van der Waals surface area contributed by atoms with Crippen LogP contribution in [0.2, 0.25) is 0 Å². The Morgan fingerprint density at radius 3 is 2.83 bits per heavy atom. The Morgan fingerprint density at radius 2 is 2.22 bits per heavy atom. The van der Waals surface area contributed by atoms with Crippen LogP contribution >= 0.6 is 0 Å². The average Bonchev–Trinajstić information content (AvgIpc) is 2.69. The molecule has 0 aliphatic carbocycles. The summed E-state index contributed by atoms with van der Waals surface area (Å²) in [7, 11) is 1.72. The Hall–Kier alpha value is -2.37. The molecule has 5 nitrogen and oxygen atoms in total. The van der Waals surface area contributed by atoms with Crippen LogP contribution in [0.15, 0.2) is 24.4 Å². The van der Waals surface area contributed by atoms with Gasteiger partial charge in [0, 0.05) is 25.0 Å². The lowest BCUT2D eigenvalue weighted by Crippen LogP contribution is -2.15. The van der Waals surface area contributed by atoms with Crippen molar-refractivity contribution in [2.75, 3.05) is 11.1 Å². The lowest BCUT2D eigenvalue weighted by molar-refractivity contribution is 0.102. The summed E-state index contributed by atoms with van der Waals surface area (Å²) in [5, 5.41) is 6.49. The van der Waals surface area contributed by atoms with E-state index in [2.05, 4.69) is 10.4 Å². The summed E-state index contributed by atoms with van der Waals surface area (Å²) in [6.07, 6.45) is 1.68. The second-order valence-corrected chi connectivity index (χ2v) is 4.03. The number of nitrogens with two attached hydrogens (primary N) is 1. The lowest BCUT2D eigenvalue weighted by atomic mass is 10.1. The minimum Gasteiger partial charge on any atom is -0.399 e. The number of hydrogen-bond acceptors (Lipinski definition) is 3. The number of nitrogens with one attached hydrogen (secondary N) is 1. The van der Waals surface area contributed by atoms with Crippen LogP contribution in [-0.2, 0) is 7.05 Å². The molecule has 2 aromatic rings. The zero-order chi connectivity index (χ0) is 13.3. The van der Waals surface area contributed by atoms with Crippen molar-refractivity contribution in [1.82, 2.24) is 9.78 Å². The smallest absolute Gasteiger partial charge is 0.259 e. The molecule has 0 aliphatic rings. The second kappa shape index (κ2) is 4.48. The maximum Gasteiger partial charge on any atom is 0.259 e. The van der Waals surface area contributed by atoms with Crippen LogP contribution in [0.5, 0.6) is 0 Å². The van der Waals surface area contributed by atoms with Crippen molar-refractivity contribution < 1.29 is 9.18 Å². The first-order valence-corrected chi connectivity index (χ1v) is 5.34. The third kappa shape index (κ3) is 2.32. The van der Waals surface area contributed by atoms with Gasteiger partial charge < -0.3 is 11.1 Å². The molecule has 0 unspecified atom stereocenters. The van der Waals surface area contributed by atoms with Gasteiger partial charge in [0.2, 0.25) is 0 Å². The molecule has 3 N–H and O–H groups in total. The summed E-state index contributed by atoms with van der Waals surface area (Å²) in [5.74, 6) is -0.777. The van der Waals surface area contributed by atoms with Crippen LogP contribution in [0.3, 0.4) is 0 Å². The number of carbonyl (C=O) groups is 1. The van der Waals surface area contributed by atoms with Crippen molar-refractivity contribution in [2.24, 2.45) is 7.05 Å². The van der Waals surface area contributed by atoms with Gasteiger partial charge in [-0.2, -0.15) is 5.10 Å². The molecule has 18 heavy (non-hydrogen) atoms. The quantitative estimate of drug-likeness (QED) is 0.794. The Morgan fingerprint density at radius 1 is 1.50 bits per heavy atom. The van der Waals surface area contributed by atoms with Crippen molar-refractivity contribution in [2.45, 2.75) is 6.92 Å². The number of carbonyl (C=O) groups excluding carboxylic acids is 1. The molecule has 0 spiro atoms. The van der Waals surface area contributed by atoms with Crippen LogP contribution in [0.1, 0.15) is 15.9 Å². The van der Waals surface area contributed by atoms with E-state index in [1.165, 1.54) is 16.8 Å². The zero-order valence-corrected chi connectivity index (χ0v) is 10.1. The number of benzene rings is 1. The predicted molar refractivity (Wildman–Crippen MR) is 66.7 cm³/mol. The van der Waals surface area contributed by atoms with Crippen molar-refractivity contribution in [3.05, 3.63) is 41.3 Å². The minimum absolute atomic E-state index is 0.0850. The molecule has 0 fully saturated rings. The first kappa shape index (κ1) is 12.1. The van der Waals surface area contributed by atoms with Crippen LogP contribution in [0.25, 0.3) is 0 Å². The molecule has 1 aromatic heterocycles. The monoisotopic (exact) mass is 248 g/mol. The number of aromatic nitrogens is 2. The number of hydrogen-bond donors (Lipinski definition) is 2. The van der Waals surface area contributed by atoms with E-state index in [9.17, 15) is 9.18 Å². The van der Waals surface area contributed by atoms with Gasteiger partial charge in [-0.05, 0) is 24.6 Å². The van der Waals surface area contributed by atoms with Gasteiger partial charge >= 0.3 is 0 Å². The molecular formula is C12H13FN4O. The molecule has 0 saturated heterocycles. The van der Waals surface area contributed by atoms with E-state index < -0.39 is 11.7 Å². The Kier molecular flexibility index (Phi) is 3.01. The van der Waals surface area contributed by atoms with Crippen LogP contribution in [0, 0.1) is 12.7 Å². The highest BCUT2D eigenvalue weighted by molar-refractivity contribution is 6.04. The molecule has 0 atom stereocenters. The molecule has 0 bridgehead atoms. The fourth-order valence-electron chi connectivity index (χ4n) is 1.63. The third-order valence-corrected chi connectivity index (χ3v) is 2.48. The van der Waals surface area contributed by atoms with Crippen molar-refractivity contribution in [1.29, 1.82) is 0 Å². The number of nitrogen functional groups attached to an aromatic ring is 1. The van der Waals surface area contributed by atoms with Crippen molar-refractivity contribution in [3.63, 3.8) is 0 Å². The Labute approximate surface area is 103 Å². The molecule has 1 heterocycles. The van der Waals surface area contributed by atoms with E-state index in [4.69, 9.17) is 5.73 Å². The van der Waals surface area contributed by atoms with E-state index in [-0.39, 0.29) is 5.56 Å². The fraction of sp³-hybridized carbons (Fsp3) is 0.167. The SMILES string of the molecule is Cc1cc(N)cc(C(=O)Nc2ccn(C)n2)c1F. The predicted octanol–water partition coefficient (Wildman–Crippen LogP) is 1.70. The topological polar surface area (TPSA) is 72.9 Å². The summed E-state index contributed by atoms with van der Waals surface area (Å²) >= 11 is 0. The number of aryl methyl sites for hydroxylation is 2. The van der Waals surface area contributed by atoms with Gasteiger partial charge in [0.1, 0.15) is 5.82 Å². The van der Waals surface area contributed by atoms with Crippen molar-refractivity contribution >= 4 is 17.4 Å². The molecular weight excluding hydrogens is 235 g/mol. The molecule has 1 amide bonds. The van der Waals surface area contributed by atoms with Crippen LogP contribution in [0.4, 0.5) is 15.9 Å². The van der Waals surface area contributed by atoms with Gasteiger partial charge in [-0.3, -0.25) is 9.48 Å². The summed E-state index contributed by atoms with van der Waals surface area (Å²) in [5.41, 5.74) is 6.19. The standard InChI is InChI=1S/C12H13FN4O/c1-7-5-8(14)6-9(11(7)13)12(18)15-10-3-4-17(2)16-10/h3-6H,14H2,1-2H3,(H,15,16,18). The Balaban J connectivity index is 2.29. The molecule has 0 aliphatic heterocycles. The molecule has 94 valence electrons. The van der Waals surface area contributed by atoms with E-state index in [0.29, 0.717) is 17.1 Å². The van der Waals surface area contributed by atoms with Crippen LogP contribution < -0.4 is 11.1 Å². The molecule has 6 heteroatoms. The van der Waals surface area contributed by atoms with E-state index in [1.54, 1.807) is 26.2 Å². The van der Waals surface area contributed by atoms with Gasteiger partial charge in [0.05, 0.1) is 5.56 Å². The number of rotatable bonds is 2. The van der Waals surface area contributed by atoms with Gasteiger partial charge in [-0.1, -0.05) is 0 Å². The molecule has 0 saturated carbocycles. The highest BCUT2D eigenvalue weighted by Crippen LogP contribution is 2.18. The minimum atomic E-state index is -0.572. The van der Waals surface area contributed by atoms with E-state index in [1.807, 2.05) is 0 Å². The maximum atomic E-state index is 13.8. The first-order valence-electron chi connectivity index (χ1n) is 5.34. The summed E-state index contributed by atoms with van der Waals surface area (Å²) in [4.78, 5) is 11.9. The van der Waals surface area contributed by atoms with Gasteiger partial charge in [-0.25, -0.2) is 4.39 Å². The summed E-state index contributed by atoms with van der Waals surface area (Å²) in [6, 6.07) is 4.41. The average molecular weight is 248 g/mol. The highest BCUT2D eigenvalue weighted by Gasteiger charge is 2.15. The zero-order valence-electron chi connectivity index (χ0n) is 10.1. The molecule has 2 rings (SSSR count). The number of halogens is 1. The molecule has 0 radical (unpaired) electrons. The number of anilines is 2. The largest absolute Gasteiger partial charge is 0.399 e. The van der Waals surface area contributed by atoms with E-state index >= 15 is 0 Å². The highest BCUT2D eigenvalue weighted by atomic mass is 19.1. The first-order chi connectivity index (χ1) is 8.47. The van der Waals surface area contributed by atoms with E-state index in [0.717, 1.165) is 0 Å². The summed E-state index contributed by atoms with van der Waals surface area (Å²) < 4.78 is 15.3. The number of nitrogens with zero attached hydrogens (tertiary/aromatic N) is 2. The number of amides is 1. The van der Waals surface area contributed by atoms with Gasteiger partial charge in [-0.15, -0.1) is 0 Å². The maximum absolute atomic E-state index is 13.8. The summed E-state index contributed by atoms with van der Waals surface area (Å²) in [6.45, 7) is 1.56. The Bertz CT molecular complexity index is 606. The molecule has 1 aromatic carbocycles. The van der Waals surface area contributed by atoms with Crippen molar-refractivity contribution in [3.8, 4) is 0 Å². The lowest BCUT2D eigenvalue weighted by Gasteiger charge is -2.07.